The van der Waals surface area contributed by atoms with Crippen molar-refractivity contribution in [3.8, 4) is 16.2 Å². The van der Waals surface area contributed by atoms with Gasteiger partial charge in [-0.15, -0.1) is 11.3 Å². The summed E-state index contributed by atoms with van der Waals surface area (Å²) in [7, 11) is -3.93. The van der Waals surface area contributed by atoms with Crippen LogP contribution in [-0.2, 0) is 35.0 Å². The molecule has 0 bridgehead atoms. The summed E-state index contributed by atoms with van der Waals surface area (Å²) in [4.78, 5) is 80.8. The number of hydrogen-bond acceptors (Lipinski definition) is 12. The molecule has 8 rings (SSSR count). The van der Waals surface area contributed by atoms with Gasteiger partial charge in [-0.1, -0.05) is 41.9 Å². The molecule has 0 aliphatic carbocycles. The number of imidazole rings is 1. The Hall–Kier alpha value is -6.33. The third kappa shape index (κ3) is 10.9. The number of ether oxygens (including phenoxy) is 1. The number of likely N-dealkylation sites (tertiary alicyclic amines) is 1. The van der Waals surface area contributed by atoms with Gasteiger partial charge in [-0.05, 0) is 107 Å². The first-order valence-corrected chi connectivity index (χ1v) is 25.9. The third-order valence-corrected chi connectivity index (χ3v) is 16.7. The van der Waals surface area contributed by atoms with E-state index < -0.39 is 81.9 Å². The van der Waals surface area contributed by atoms with E-state index in [1.165, 1.54) is 30.5 Å². The Bertz CT molecular complexity index is 3220. The minimum Gasteiger partial charge on any atom is -0.479 e. The summed E-state index contributed by atoms with van der Waals surface area (Å²) in [6.45, 7) is 5.60. The monoisotopic (exact) mass is 1050 g/mol. The number of alkyl halides is 2. The Kier molecular flexibility index (Phi) is 14.7. The largest absolute Gasteiger partial charge is 0.479 e. The number of anilines is 1. The lowest BCUT2D eigenvalue weighted by Crippen LogP contribution is -2.53. The first-order chi connectivity index (χ1) is 33.9. The average Bonchev–Trinajstić information content (AvgIpc) is 3.77. The molecule has 2 aromatic heterocycles. The molecule has 5 heterocycles. The maximum absolute atomic E-state index is 16.1. The second-order valence-electron chi connectivity index (χ2n) is 19.1. The zero-order chi connectivity index (χ0) is 52.0. The molecule has 18 nitrogen and oxygen atoms in total. The molecule has 72 heavy (non-hydrogen) atoms. The lowest BCUT2D eigenvalue weighted by atomic mass is 9.86. The molecular formula is C49H52ClF2N7O11S2. The van der Waals surface area contributed by atoms with Crippen LogP contribution in [0, 0.1) is 0 Å². The summed E-state index contributed by atoms with van der Waals surface area (Å²) in [5.74, 6) is -9.33. The highest BCUT2D eigenvalue weighted by molar-refractivity contribution is 7.88. The molecule has 3 amide bonds. The van der Waals surface area contributed by atoms with Gasteiger partial charge in [-0.3, -0.25) is 38.7 Å². The van der Waals surface area contributed by atoms with Crippen molar-refractivity contribution in [1.29, 1.82) is 0 Å². The maximum atomic E-state index is 16.1. The topological polar surface area (TPSA) is 239 Å². The number of imide groups is 1. The minimum absolute atomic E-state index is 0.00374. The first kappa shape index (κ1) is 52.0. The standard InChI is InChI=1S/C49H52ClF2N7O11S2/c1-27(2)58-37-21-29(11-12-35(37)59(47(58)67)36-13-14-38(60)55-45(36)64)34-16-17-56(26-49(34,51)52)23-39(61)54-31-9-5-7-28(19-31)25-72(68,69)57-18-15-33(22-48(57,3)4)53-32-10-6-8-30(20-32)43-41(50)42(70-24-40(62)63)44(71-43)46(65)66/h5-12,19-21,27,34,36H,13-18,22-26H2,1-4H3,(H,54,61)(H,62,63)(H,65,66)(H,55,60,64). The molecule has 2 unspecified atom stereocenters. The maximum Gasteiger partial charge on any atom is 0.349 e. The molecule has 3 saturated heterocycles. The molecule has 4 N–H and O–H groups in total. The number of rotatable bonds is 15. The van der Waals surface area contributed by atoms with Crippen molar-refractivity contribution in [2.24, 2.45) is 4.99 Å². The average molecular weight is 1050 g/mol. The van der Waals surface area contributed by atoms with Crippen LogP contribution in [0.3, 0.4) is 0 Å². The van der Waals surface area contributed by atoms with Gasteiger partial charge in [0.1, 0.15) is 11.1 Å². The van der Waals surface area contributed by atoms with E-state index >= 15 is 8.78 Å². The van der Waals surface area contributed by atoms with Crippen molar-refractivity contribution in [1.82, 2.24) is 23.7 Å². The zero-order valence-electron chi connectivity index (χ0n) is 39.6. The Balaban J connectivity index is 0.886. The number of nitrogens with one attached hydrogen (secondary N) is 2. The van der Waals surface area contributed by atoms with Crippen molar-refractivity contribution >= 4 is 90.7 Å². The highest BCUT2D eigenvalue weighted by Crippen LogP contribution is 2.46. The molecule has 5 aromatic rings. The number of piperidine rings is 3. The molecule has 0 saturated carbocycles. The van der Waals surface area contributed by atoms with Gasteiger partial charge < -0.3 is 20.3 Å². The summed E-state index contributed by atoms with van der Waals surface area (Å²) in [6.07, 6.45) is 0.796. The predicted molar refractivity (Wildman–Crippen MR) is 266 cm³/mol. The lowest BCUT2D eigenvalue weighted by molar-refractivity contribution is -0.139. The number of carboxylic acids is 2. The molecule has 382 valence electrons. The van der Waals surface area contributed by atoms with Crippen LogP contribution < -0.4 is 21.1 Å². The van der Waals surface area contributed by atoms with Gasteiger partial charge in [0, 0.05) is 42.4 Å². The molecule has 0 radical (unpaired) electrons. The van der Waals surface area contributed by atoms with E-state index in [-0.39, 0.29) is 72.8 Å². The van der Waals surface area contributed by atoms with Crippen LogP contribution in [-0.4, -0.2) is 117 Å². The van der Waals surface area contributed by atoms with Crippen LogP contribution in [0.5, 0.6) is 5.75 Å². The number of thiophene rings is 1. The van der Waals surface area contributed by atoms with Gasteiger partial charge in [0.15, 0.2) is 17.2 Å². The molecule has 23 heteroatoms. The predicted octanol–water partition coefficient (Wildman–Crippen LogP) is 7.45. The van der Waals surface area contributed by atoms with Crippen LogP contribution in [0.25, 0.3) is 21.5 Å². The highest BCUT2D eigenvalue weighted by atomic mass is 35.5. The van der Waals surface area contributed by atoms with Gasteiger partial charge in [0.05, 0.1) is 46.4 Å². The van der Waals surface area contributed by atoms with Crippen LogP contribution in [0.4, 0.5) is 20.2 Å². The molecule has 2 atom stereocenters. The number of aromatic nitrogens is 2. The SMILES string of the molecule is CC(C)n1c(=O)n(C2CCC(=O)NC2=O)c2ccc(C3CCN(CC(=O)Nc4cccc(CS(=O)(=O)N5CCC(=Nc6cccc(-c7sc(C(=O)O)c(OCC(=O)O)c7Cl)c6)CC5(C)C)c4)CC3(F)F)cc21. The number of carbonyl (C=O) groups is 5. The Labute approximate surface area is 421 Å². The Morgan fingerprint density at radius 2 is 1.74 bits per heavy atom. The van der Waals surface area contributed by atoms with Gasteiger partial charge in [-0.25, -0.2) is 31.6 Å². The number of carbonyl (C=O) groups excluding carboxylic acids is 3. The summed E-state index contributed by atoms with van der Waals surface area (Å²) in [6, 6.07) is 16.6. The number of amides is 3. The number of hydrogen-bond donors (Lipinski definition) is 4. The molecule has 0 spiro atoms. The Morgan fingerprint density at radius 1 is 0.986 bits per heavy atom. The van der Waals surface area contributed by atoms with Gasteiger partial charge in [0.2, 0.25) is 27.7 Å². The van der Waals surface area contributed by atoms with E-state index in [0.29, 0.717) is 50.4 Å². The molecule has 3 aromatic carbocycles. The normalized spacial score (nSPS) is 20.2. The summed E-state index contributed by atoms with van der Waals surface area (Å²) >= 11 is 7.33. The fourth-order valence-electron chi connectivity index (χ4n) is 9.90. The van der Waals surface area contributed by atoms with Crippen LogP contribution in [0.1, 0.15) is 98.6 Å². The summed E-state index contributed by atoms with van der Waals surface area (Å²) in [5.41, 5.74) is 2.19. The number of carboxylic acid groups (broad SMARTS) is 2. The highest BCUT2D eigenvalue weighted by Gasteiger charge is 2.46. The van der Waals surface area contributed by atoms with E-state index in [1.807, 2.05) is 0 Å². The second kappa shape index (κ2) is 20.3. The molecule has 3 aliphatic rings. The summed E-state index contributed by atoms with van der Waals surface area (Å²) < 4.78 is 69.6. The van der Waals surface area contributed by atoms with Crippen molar-refractivity contribution in [3.05, 3.63) is 98.2 Å². The Morgan fingerprint density at radius 3 is 2.42 bits per heavy atom. The van der Waals surface area contributed by atoms with Gasteiger partial charge in [-0.2, -0.15) is 4.31 Å². The number of fused-ring (bicyclic) bond motifs is 1. The van der Waals surface area contributed by atoms with Crippen LogP contribution in [0.15, 0.2) is 76.5 Å². The first-order valence-electron chi connectivity index (χ1n) is 23.1. The van der Waals surface area contributed by atoms with E-state index in [1.54, 1.807) is 82.3 Å². The zero-order valence-corrected chi connectivity index (χ0v) is 42.0. The number of aromatic carboxylic acids is 1. The van der Waals surface area contributed by atoms with Crippen LogP contribution in [0.2, 0.25) is 5.02 Å². The fraction of sp³-hybridized carbons (Fsp3) is 0.408. The van der Waals surface area contributed by atoms with E-state index in [9.17, 15) is 42.3 Å². The lowest BCUT2D eigenvalue weighted by Gasteiger charge is -2.41. The third-order valence-electron chi connectivity index (χ3n) is 13.0. The molecular weight excluding hydrogens is 1000 g/mol. The molecule has 3 aliphatic heterocycles. The van der Waals surface area contributed by atoms with E-state index in [0.717, 1.165) is 17.0 Å². The quantitative estimate of drug-likeness (QED) is 0.0749. The van der Waals surface area contributed by atoms with Crippen molar-refractivity contribution in [3.63, 3.8) is 0 Å². The minimum atomic E-state index is -3.93. The second-order valence-corrected chi connectivity index (χ2v) is 22.4. The molecule has 3 fully saturated rings. The number of halogens is 3. The number of benzene rings is 3. The van der Waals surface area contributed by atoms with Gasteiger partial charge in [0.25, 0.3) is 5.92 Å². The number of aliphatic carboxylic acids is 1. The van der Waals surface area contributed by atoms with Gasteiger partial charge >= 0.3 is 17.6 Å². The smallest absolute Gasteiger partial charge is 0.349 e. The number of aliphatic imine (C=N–C) groups is 1. The van der Waals surface area contributed by atoms with E-state index in [4.69, 9.17) is 26.4 Å². The van der Waals surface area contributed by atoms with Crippen molar-refractivity contribution < 1.29 is 56.1 Å². The summed E-state index contributed by atoms with van der Waals surface area (Å²) in [5, 5.41) is 23.7. The van der Waals surface area contributed by atoms with E-state index in [2.05, 4.69) is 10.6 Å². The van der Waals surface area contributed by atoms with Crippen LogP contribution >= 0.6 is 22.9 Å². The van der Waals surface area contributed by atoms with Crippen molar-refractivity contribution in [2.75, 3.05) is 38.1 Å². The number of sulfonamides is 1. The fourth-order valence-corrected chi connectivity index (χ4v) is 13.2. The van der Waals surface area contributed by atoms with Crippen molar-refractivity contribution in [2.45, 2.75) is 95.0 Å². The number of nitrogens with zero attached hydrogens (tertiary/aromatic N) is 5.